The van der Waals surface area contributed by atoms with Gasteiger partial charge in [-0.15, -0.1) is 0 Å². The second-order valence-electron chi connectivity index (χ2n) is 6.19. The number of aromatic nitrogens is 1. The fourth-order valence-electron chi connectivity index (χ4n) is 2.99. The monoisotopic (exact) mass is 377 g/mol. The number of piperidine rings is 1. The van der Waals surface area contributed by atoms with Crippen molar-refractivity contribution in [2.24, 2.45) is 0 Å². The van der Waals surface area contributed by atoms with E-state index in [9.17, 15) is 4.79 Å². The highest BCUT2D eigenvalue weighted by atomic mass is 35.5. The molecule has 1 aromatic heterocycles. The fraction of sp³-hybridized carbons (Fsp3) is 0.368. The summed E-state index contributed by atoms with van der Waals surface area (Å²) in [5, 5.41) is 4.11. The molecule has 1 aliphatic heterocycles. The molecule has 1 aromatic carbocycles. The van der Waals surface area contributed by atoms with Crippen LogP contribution in [-0.4, -0.2) is 30.5 Å². The largest absolute Gasteiger partial charge is 0.370 e. The number of nitrogens with zero attached hydrogens (tertiary/aromatic N) is 2. The molecular weight excluding hydrogens is 357 g/mol. The molecule has 0 bridgehead atoms. The number of hydrogen-bond acceptors (Lipinski definition) is 3. The van der Waals surface area contributed by atoms with Crippen LogP contribution in [0.1, 0.15) is 35.3 Å². The van der Waals surface area contributed by atoms with E-state index in [1.165, 1.54) is 19.3 Å². The summed E-state index contributed by atoms with van der Waals surface area (Å²) < 4.78 is 0. The number of carbonyl (C=O) groups is 1. The van der Waals surface area contributed by atoms with Crippen LogP contribution < -0.4 is 10.2 Å². The second kappa shape index (κ2) is 8.54. The molecule has 1 amide bonds. The summed E-state index contributed by atoms with van der Waals surface area (Å²) in [6.07, 6.45) is 6.16. The Bertz CT molecular complexity index is 728. The molecule has 4 nitrogen and oxygen atoms in total. The van der Waals surface area contributed by atoms with Gasteiger partial charge in [-0.25, -0.2) is 4.98 Å². The van der Waals surface area contributed by atoms with Crippen molar-refractivity contribution in [3.8, 4) is 0 Å². The van der Waals surface area contributed by atoms with Gasteiger partial charge in [-0.3, -0.25) is 4.79 Å². The average molecular weight is 378 g/mol. The lowest BCUT2D eigenvalue weighted by Gasteiger charge is -2.28. The van der Waals surface area contributed by atoms with E-state index in [1.807, 2.05) is 12.1 Å². The molecule has 0 radical (unpaired) electrons. The fourth-order valence-corrected chi connectivity index (χ4v) is 3.49. The van der Waals surface area contributed by atoms with Crippen LogP contribution in [-0.2, 0) is 6.42 Å². The van der Waals surface area contributed by atoms with E-state index in [4.69, 9.17) is 23.2 Å². The quantitative estimate of drug-likeness (QED) is 0.841. The van der Waals surface area contributed by atoms with Gasteiger partial charge >= 0.3 is 0 Å². The van der Waals surface area contributed by atoms with Gasteiger partial charge in [0.05, 0.1) is 11.9 Å². The first-order chi connectivity index (χ1) is 12.1. The Morgan fingerprint density at radius 2 is 1.92 bits per heavy atom. The average Bonchev–Trinajstić information content (AvgIpc) is 2.64. The van der Waals surface area contributed by atoms with Crippen LogP contribution in [0.2, 0.25) is 10.0 Å². The normalized spacial score (nSPS) is 14.4. The highest BCUT2D eigenvalue weighted by molar-refractivity contribution is 6.35. The summed E-state index contributed by atoms with van der Waals surface area (Å²) in [6.45, 7) is 2.62. The molecule has 3 rings (SSSR count). The SMILES string of the molecule is O=C(NCCc1ccc(Cl)cc1Cl)c1ccc(N2CCCCC2)cn1. The lowest BCUT2D eigenvalue weighted by Crippen LogP contribution is -2.30. The van der Waals surface area contributed by atoms with E-state index < -0.39 is 0 Å². The topological polar surface area (TPSA) is 45.2 Å². The van der Waals surface area contributed by atoms with Gasteiger partial charge in [0.1, 0.15) is 5.69 Å². The molecule has 0 saturated carbocycles. The molecule has 1 N–H and O–H groups in total. The minimum atomic E-state index is -0.171. The number of pyridine rings is 1. The highest BCUT2D eigenvalue weighted by Crippen LogP contribution is 2.21. The van der Waals surface area contributed by atoms with Gasteiger partial charge in [-0.2, -0.15) is 0 Å². The van der Waals surface area contributed by atoms with Crippen LogP contribution in [0.5, 0.6) is 0 Å². The van der Waals surface area contributed by atoms with Crippen LogP contribution >= 0.6 is 23.2 Å². The number of anilines is 1. The van der Waals surface area contributed by atoms with E-state index in [0.717, 1.165) is 24.3 Å². The van der Waals surface area contributed by atoms with Crippen LogP contribution in [0, 0.1) is 0 Å². The molecule has 0 unspecified atom stereocenters. The number of nitrogens with one attached hydrogen (secondary N) is 1. The molecular formula is C19H21Cl2N3O. The Hall–Kier alpha value is -1.78. The van der Waals surface area contributed by atoms with Gasteiger partial charge in [-0.05, 0) is 55.5 Å². The molecule has 1 aliphatic rings. The lowest BCUT2D eigenvalue weighted by molar-refractivity contribution is 0.0949. The Labute approximate surface area is 158 Å². The predicted octanol–water partition coefficient (Wildman–Crippen LogP) is 4.35. The number of halogens is 2. The Morgan fingerprint density at radius 1 is 1.12 bits per heavy atom. The van der Waals surface area contributed by atoms with Crippen LogP contribution in [0.3, 0.4) is 0 Å². The maximum atomic E-state index is 12.2. The van der Waals surface area contributed by atoms with Crippen molar-refractivity contribution in [1.29, 1.82) is 0 Å². The molecule has 1 saturated heterocycles. The predicted molar refractivity (Wildman–Crippen MR) is 103 cm³/mol. The molecule has 2 aromatic rings. The van der Waals surface area contributed by atoms with Crippen molar-refractivity contribution in [1.82, 2.24) is 10.3 Å². The minimum absolute atomic E-state index is 0.171. The van der Waals surface area contributed by atoms with Crippen molar-refractivity contribution in [3.05, 3.63) is 57.8 Å². The summed E-state index contributed by atoms with van der Waals surface area (Å²) in [4.78, 5) is 18.9. The molecule has 0 atom stereocenters. The first kappa shape index (κ1) is 18.0. The Morgan fingerprint density at radius 3 is 2.60 bits per heavy atom. The van der Waals surface area contributed by atoms with Crippen molar-refractivity contribution in [3.63, 3.8) is 0 Å². The smallest absolute Gasteiger partial charge is 0.269 e. The van der Waals surface area contributed by atoms with Crippen LogP contribution in [0.25, 0.3) is 0 Å². The van der Waals surface area contributed by atoms with Gasteiger partial charge in [0.2, 0.25) is 0 Å². The van der Waals surface area contributed by atoms with Gasteiger partial charge in [-0.1, -0.05) is 29.3 Å². The minimum Gasteiger partial charge on any atom is -0.370 e. The first-order valence-corrected chi connectivity index (χ1v) is 9.32. The van der Waals surface area contributed by atoms with Gasteiger partial charge < -0.3 is 10.2 Å². The zero-order valence-electron chi connectivity index (χ0n) is 14.0. The zero-order valence-corrected chi connectivity index (χ0v) is 15.5. The molecule has 0 aliphatic carbocycles. The van der Waals surface area contributed by atoms with Crippen molar-refractivity contribution < 1.29 is 4.79 Å². The molecule has 1 fully saturated rings. The molecule has 6 heteroatoms. The molecule has 132 valence electrons. The Kier molecular flexibility index (Phi) is 6.16. The van der Waals surface area contributed by atoms with Crippen molar-refractivity contribution >= 4 is 34.8 Å². The summed E-state index contributed by atoms with van der Waals surface area (Å²) >= 11 is 12.0. The van der Waals surface area contributed by atoms with Gasteiger partial charge in [0.15, 0.2) is 0 Å². The van der Waals surface area contributed by atoms with Crippen molar-refractivity contribution in [2.45, 2.75) is 25.7 Å². The third kappa shape index (κ3) is 4.86. The second-order valence-corrected chi connectivity index (χ2v) is 7.03. The summed E-state index contributed by atoms with van der Waals surface area (Å²) in [5.41, 5.74) is 2.48. The molecule has 0 spiro atoms. The summed E-state index contributed by atoms with van der Waals surface area (Å²) in [7, 11) is 0. The van der Waals surface area contributed by atoms with E-state index in [2.05, 4.69) is 15.2 Å². The van der Waals surface area contributed by atoms with Gasteiger partial charge in [0, 0.05) is 29.7 Å². The van der Waals surface area contributed by atoms with Gasteiger partial charge in [0.25, 0.3) is 5.91 Å². The third-order valence-electron chi connectivity index (χ3n) is 4.40. The van der Waals surface area contributed by atoms with E-state index in [-0.39, 0.29) is 5.91 Å². The van der Waals surface area contributed by atoms with Crippen LogP contribution in [0.15, 0.2) is 36.5 Å². The van der Waals surface area contributed by atoms with Crippen LogP contribution in [0.4, 0.5) is 5.69 Å². The highest BCUT2D eigenvalue weighted by Gasteiger charge is 2.13. The molecule has 2 heterocycles. The summed E-state index contributed by atoms with van der Waals surface area (Å²) in [5.74, 6) is -0.171. The van der Waals surface area contributed by atoms with E-state index in [0.29, 0.717) is 28.7 Å². The maximum absolute atomic E-state index is 12.2. The standard InChI is InChI=1S/C19H21Cl2N3O/c20-15-5-4-14(17(21)12-15)8-9-22-19(25)18-7-6-16(13-23-18)24-10-2-1-3-11-24/h4-7,12-13H,1-3,8-11H2,(H,22,25). The molecule has 25 heavy (non-hydrogen) atoms. The van der Waals surface area contributed by atoms with Crippen molar-refractivity contribution in [2.75, 3.05) is 24.5 Å². The van der Waals surface area contributed by atoms with E-state index >= 15 is 0 Å². The maximum Gasteiger partial charge on any atom is 0.269 e. The third-order valence-corrected chi connectivity index (χ3v) is 4.98. The number of amides is 1. The zero-order chi connectivity index (χ0) is 17.6. The van der Waals surface area contributed by atoms with E-state index in [1.54, 1.807) is 24.4 Å². The number of hydrogen-bond donors (Lipinski definition) is 1. The number of benzene rings is 1. The number of carbonyl (C=O) groups excluding carboxylic acids is 1. The Balaban J connectivity index is 1.52. The summed E-state index contributed by atoms with van der Waals surface area (Å²) in [6, 6.07) is 9.15. The first-order valence-electron chi connectivity index (χ1n) is 8.56. The lowest BCUT2D eigenvalue weighted by atomic mass is 10.1. The number of rotatable bonds is 5.